The Morgan fingerprint density at radius 1 is 1.33 bits per heavy atom. The maximum Gasteiger partial charge on any atom is 0.236 e. The Morgan fingerprint density at radius 3 is 2.80 bits per heavy atom. The normalized spacial score (nSPS) is 22.6. The first kappa shape index (κ1) is 20.4. The number of likely N-dealkylation sites (tertiary alicyclic amines) is 1. The fourth-order valence-electron chi connectivity index (χ4n) is 4.30. The van der Waals surface area contributed by atoms with Crippen LogP contribution in [0.5, 0.6) is 0 Å². The number of nitrogens with one attached hydrogen (secondary N) is 2. The largest absolute Gasteiger partial charge is 0.394 e. The molecule has 2 aromatic heterocycles. The highest BCUT2D eigenvalue weighted by molar-refractivity contribution is 6.32. The summed E-state index contributed by atoms with van der Waals surface area (Å²) in [5, 5.41) is 28.8. The Labute approximate surface area is 178 Å². The van der Waals surface area contributed by atoms with Crippen LogP contribution in [0.4, 0.5) is 17.5 Å². The van der Waals surface area contributed by atoms with E-state index in [1.807, 2.05) is 11.0 Å². The highest BCUT2D eigenvalue weighted by Crippen LogP contribution is 2.40. The molecule has 4 rings (SSSR count). The van der Waals surface area contributed by atoms with E-state index < -0.39 is 0 Å². The van der Waals surface area contributed by atoms with E-state index in [-0.39, 0.29) is 25.0 Å². The maximum atomic E-state index is 11.9. The zero-order chi connectivity index (χ0) is 21.1. The molecule has 11 heteroatoms. The number of hydrogen-bond donors (Lipinski definition) is 3. The van der Waals surface area contributed by atoms with Crippen LogP contribution in [-0.4, -0.2) is 61.4 Å². The standard InChI is InChI=1S/C19H23ClN8O2/c20-16-8-22-19(25-15-7-23-28(11-15)3-4-29)26-18(16)24-14-5-12-9-27(10-13(12)6-14)17(30)1-2-21/h7-8,11-14,29H,1,3-6,9-10H2,(H2,22,24,25,26). The topological polar surface area (TPSA) is 132 Å². The smallest absolute Gasteiger partial charge is 0.236 e. The Balaban J connectivity index is 1.36. The van der Waals surface area contributed by atoms with E-state index in [2.05, 4.69) is 25.7 Å². The number of rotatable bonds is 7. The van der Waals surface area contributed by atoms with Gasteiger partial charge in [0.25, 0.3) is 0 Å². The lowest BCUT2D eigenvalue weighted by Gasteiger charge is -2.20. The van der Waals surface area contributed by atoms with Gasteiger partial charge in [-0.1, -0.05) is 11.6 Å². The summed E-state index contributed by atoms with van der Waals surface area (Å²) in [4.78, 5) is 22.5. The Kier molecular flexibility index (Phi) is 6.01. The maximum absolute atomic E-state index is 11.9. The van der Waals surface area contributed by atoms with Crippen molar-refractivity contribution in [3.05, 3.63) is 23.6 Å². The lowest BCUT2D eigenvalue weighted by Crippen LogP contribution is -2.30. The van der Waals surface area contributed by atoms with Crippen molar-refractivity contribution in [2.45, 2.75) is 31.8 Å². The average Bonchev–Trinajstić information content (AvgIpc) is 3.40. The minimum absolute atomic E-state index is 0.0141. The van der Waals surface area contributed by atoms with Crippen LogP contribution in [0.25, 0.3) is 0 Å². The molecule has 158 valence electrons. The molecular formula is C19H23ClN8O2. The van der Waals surface area contributed by atoms with Crippen LogP contribution in [0.1, 0.15) is 19.3 Å². The van der Waals surface area contributed by atoms with Gasteiger partial charge in [0.15, 0.2) is 5.82 Å². The summed E-state index contributed by atoms with van der Waals surface area (Å²) < 4.78 is 1.62. The first-order valence-corrected chi connectivity index (χ1v) is 10.3. The Bertz CT molecular complexity index is 944. The number of aromatic nitrogens is 4. The molecule has 1 saturated heterocycles. The van der Waals surface area contributed by atoms with Gasteiger partial charge in [-0.25, -0.2) is 4.98 Å². The summed E-state index contributed by atoms with van der Waals surface area (Å²) in [5.74, 6) is 1.76. The van der Waals surface area contributed by atoms with Crippen molar-refractivity contribution in [2.24, 2.45) is 11.8 Å². The minimum Gasteiger partial charge on any atom is -0.394 e. The number of halogens is 1. The van der Waals surface area contributed by atoms with E-state index in [9.17, 15) is 4.79 Å². The minimum atomic E-state index is -0.0757. The monoisotopic (exact) mass is 430 g/mol. The molecular weight excluding hydrogens is 408 g/mol. The SMILES string of the molecule is N#CCC(=O)N1CC2CC(Nc3nc(Nc4cnn(CCO)c4)ncc3Cl)CC2C1. The van der Waals surface area contributed by atoms with Crippen molar-refractivity contribution in [2.75, 3.05) is 30.3 Å². The molecule has 3 N–H and O–H groups in total. The summed E-state index contributed by atoms with van der Waals surface area (Å²) in [7, 11) is 0. The number of aliphatic hydroxyl groups is 1. The van der Waals surface area contributed by atoms with Gasteiger partial charge in [0, 0.05) is 25.3 Å². The lowest BCUT2D eigenvalue weighted by atomic mass is 10.0. The molecule has 0 bridgehead atoms. The second kappa shape index (κ2) is 8.85. The molecule has 0 spiro atoms. The molecule has 10 nitrogen and oxygen atoms in total. The van der Waals surface area contributed by atoms with Gasteiger partial charge in [-0.2, -0.15) is 15.3 Å². The molecule has 1 aliphatic carbocycles. The molecule has 30 heavy (non-hydrogen) atoms. The van der Waals surface area contributed by atoms with E-state index in [1.165, 1.54) is 0 Å². The van der Waals surface area contributed by atoms with E-state index >= 15 is 0 Å². The average molecular weight is 431 g/mol. The lowest BCUT2D eigenvalue weighted by molar-refractivity contribution is -0.129. The molecule has 1 aliphatic heterocycles. The second-order valence-corrected chi connectivity index (χ2v) is 8.10. The van der Waals surface area contributed by atoms with Crippen LogP contribution in [0.2, 0.25) is 5.02 Å². The number of aliphatic hydroxyl groups excluding tert-OH is 1. The molecule has 3 heterocycles. The van der Waals surface area contributed by atoms with E-state index in [4.69, 9.17) is 22.0 Å². The highest BCUT2D eigenvalue weighted by Gasteiger charge is 2.42. The zero-order valence-corrected chi connectivity index (χ0v) is 17.1. The van der Waals surface area contributed by atoms with Gasteiger partial charge in [-0.15, -0.1) is 0 Å². The van der Waals surface area contributed by atoms with Crippen molar-refractivity contribution >= 4 is 35.0 Å². The molecule has 2 atom stereocenters. The van der Waals surface area contributed by atoms with Crippen LogP contribution < -0.4 is 10.6 Å². The molecule has 1 saturated carbocycles. The van der Waals surface area contributed by atoms with Gasteiger partial charge in [-0.3, -0.25) is 9.48 Å². The van der Waals surface area contributed by atoms with Gasteiger partial charge in [0.1, 0.15) is 11.4 Å². The zero-order valence-electron chi connectivity index (χ0n) is 16.3. The van der Waals surface area contributed by atoms with Gasteiger partial charge < -0.3 is 20.6 Å². The third kappa shape index (κ3) is 4.47. The molecule has 2 unspecified atom stereocenters. The summed E-state index contributed by atoms with van der Waals surface area (Å²) in [6.07, 6.45) is 6.76. The molecule has 2 aromatic rings. The second-order valence-electron chi connectivity index (χ2n) is 7.70. The number of nitrogens with zero attached hydrogens (tertiary/aromatic N) is 6. The third-order valence-electron chi connectivity index (χ3n) is 5.64. The summed E-state index contributed by atoms with van der Waals surface area (Å²) >= 11 is 6.30. The van der Waals surface area contributed by atoms with Gasteiger partial charge in [0.2, 0.25) is 11.9 Å². The van der Waals surface area contributed by atoms with Crippen LogP contribution in [0.15, 0.2) is 18.6 Å². The van der Waals surface area contributed by atoms with Crippen molar-refractivity contribution < 1.29 is 9.90 Å². The highest BCUT2D eigenvalue weighted by atomic mass is 35.5. The number of anilines is 3. The summed E-state index contributed by atoms with van der Waals surface area (Å²) in [6, 6.07) is 2.16. The van der Waals surface area contributed by atoms with Crippen molar-refractivity contribution in [1.82, 2.24) is 24.6 Å². The summed E-state index contributed by atoms with van der Waals surface area (Å²) in [5.41, 5.74) is 0.717. The van der Waals surface area contributed by atoms with Gasteiger partial charge in [0.05, 0.1) is 37.3 Å². The predicted octanol–water partition coefficient (Wildman–Crippen LogP) is 1.62. The van der Waals surface area contributed by atoms with E-state index in [0.29, 0.717) is 53.9 Å². The number of amides is 1. The number of nitriles is 1. The molecule has 0 aromatic carbocycles. The van der Waals surface area contributed by atoms with Crippen LogP contribution in [0, 0.1) is 23.2 Å². The molecule has 2 aliphatic rings. The quantitative estimate of drug-likeness (QED) is 0.603. The van der Waals surface area contributed by atoms with E-state index in [1.54, 1.807) is 23.3 Å². The predicted molar refractivity (Wildman–Crippen MR) is 110 cm³/mol. The van der Waals surface area contributed by atoms with Crippen molar-refractivity contribution in [1.29, 1.82) is 5.26 Å². The molecule has 2 fully saturated rings. The number of hydrogen-bond acceptors (Lipinski definition) is 8. The fourth-order valence-corrected chi connectivity index (χ4v) is 4.45. The van der Waals surface area contributed by atoms with Crippen LogP contribution in [0.3, 0.4) is 0 Å². The Hall–Kier alpha value is -2.90. The number of fused-ring (bicyclic) bond motifs is 1. The van der Waals surface area contributed by atoms with Gasteiger partial charge in [-0.05, 0) is 24.7 Å². The third-order valence-corrected chi connectivity index (χ3v) is 5.91. The van der Waals surface area contributed by atoms with Crippen molar-refractivity contribution in [3.63, 3.8) is 0 Å². The van der Waals surface area contributed by atoms with Crippen molar-refractivity contribution in [3.8, 4) is 6.07 Å². The first-order chi connectivity index (χ1) is 14.6. The first-order valence-electron chi connectivity index (χ1n) is 9.90. The Morgan fingerprint density at radius 2 is 2.10 bits per heavy atom. The summed E-state index contributed by atoms with van der Waals surface area (Å²) in [6.45, 7) is 1.86. The number of carbonyl (C=O) groups is 1. The number of carbonyl (C=O) groups excluding carboxylic acids is 1. The van der Waals surface area contributed by atoms with Gasteiger partial charge >= 0.3 is 0 Å². The van der Waals surface area contributed by atoms with Crippen LogP contribution >= 0.6 is 11.6 Å². The molecule has 1 amide bonds. The van der Waals surface area contributed by atoms with E-state index in [0.717, 1.165) is 12.8 Å². The van der Waals surface area contributed by atoms with Crippen LogP contribution in [-0.2, 0) is 11.3 Å². The molecule has 0 radical (unpaired) electrons. The fraction of sp³-hybridized carbons (Fsp3) is 0.526.